The van der Waals surface area contributed by atoms with Crippen molar-refractivity contribution in [3.8, 4) is 0 Å². The smallest absolute Gasteiger partial charge is 0.342 e. The number of nitrogens with zero attached hydrogens (tertiary/aromatic N) is 1. The van der Waals surface area contributed by atoms with Crippen molar-refractivity contribution in [3.63, 3.8) is 0 Å². The first-order valence-electron chi connectivity index (χ1n) is 7.82. The van der Waals surface area contributed by atoms with Crippen molar-refractivity contribution >= 4 is 17.8 Å². The van der Waals surface area contributed by atoms with Gasteiger partial charge in [-0.3, -0.25) is 9.59 Å². The van der Waals surface area contributed by atoms with Crippen molar-refractivity contribution in [2.75, 3.05) is 13.7 Å². The summed E-state index contributed by atoms with van der Waals surface area (Å²) in [6.45, 7) is 3.37. The van der Waals surface area contributed by atoms with Gasteiger partial charge in [-0.1, -0.05) is 37.3 Å². The molecule has 130 valence electrons. The van der Waals surface area contributed by atoms with Crippen molar-refractivity contribution in [1.29, 1.82) is 0 Å². The summed E-state index contributed by atoms with van der Waals surface area (Å²) in [5.41, 5.74) is -1.02. The minimum absolute atomic E-state index is 0.0669. The number of hydrogen-bond donors (Lipinski definition) is 2. The highest BCUT2D eigenvalue weighted by atomic mass is 16.5. The van der Waals surface area contributed by atoms with Crippen LogP contribution in [0.1, 0.15) is 19.4 Å². The molecule has 0 radical (unpaired) electrons. The molecule has 1 saturated heterocycles. The molecule has 0 aliphatic carbocycles. The van der Waals surface area contributed by atoms with Crippen LogP contribution >= 0.6 is 0 Å². The zero-order valence-corrected chi connectivity index (χ0v) is 14.0. The number of ether oxygens (including phenoxy) is 1. The zero-order chi connectivity index (χ0) is 17.9. The number of aliphatic hydroxyl groups is 1. The Morgan fingerprint density at radius 1 is 1.33 bits per heavy atom. The Labute approximate surface area is 140 Å². The Balaban J connectivity index is 2.31. The van der Waals surface area contributed by atoms with Gasteiger partial charge >= 0.3 is 5.97 Å². The number of carbonyl (C=O) groups is 3. The van der Waals surface area contributed by atoms with Gasteiger partial charge in [0.15, 0.2) is 0 Å². The average molecular weight is 334 g/mol. The van der Waals surface area contributed by atoms with Gasteiger partial charge in [0.1, 0.15) is 6.10 Å². The van der Waals surface area contributed by atoms with Crippen LogP contribution in [0.5, 0.6) is 0 Å². The quantitative estimate of drug-likeness (QED) is 0.587. The second-order valence-electron chi connectivity index (χ2n) is 5.79. The lowest BCUT2D eigenvalue weighted by molar-refractivity contribution is -0.166. The summed E-state index contributed by atoms with van der Waals surface area (Å²) in [7, 11) is 1.33. The number of carbonyl (C=O) groups excluding carboxylic acids is 3. The van der Waals surface area contributed by atoms with Crippen LogP contribution in [-0.4, -0.2) is 53.1 Å². The van der Waals surface area contributed by atoms with E-state index in [0.29, 0.717) is 0 Å². The molecule has 1 aliphatic heterocycles. The first-order valence-corrected chi connectivity index (χ1v) is 7.82. The van der Waals surface area contributed by atoms with Gasteiger partial charge in [0.2, 0.25) is 5.54 Å². The average Bonchev–Trinajstić information content (AvgIpc) is 2.76. The van der Waals surface area contributed by atoms with E-state index in [9.17, 15) is 19.5 Å². The molecule has 2 N–H and O–H groups in total. The fourth-order valence-corrected chi connectivity index (χ4v) is 3.05. The van der Waals surface area contributed by atoms with Crippen molar-refractivity contribution in [2.24, 2.45) is 5.92 Å². The molecule has 0 spiro atoms. The molecule has 1 heterocycles. The van der Waals surface area contributed by atoms with Gasteiger partial charge in [-0.15, -0.1) is 0 Å². The normalized spacial score (nSPS) is 26.3. The summed E-state index contributed by atoms with van der Waals surface area (Å²) in [5.74, 6) is -3.10. The van der Waals surface area contributed by atoms with Gasteiger partial charge in [0, 0.05) is 19.5 Å². The summed E-state index contributed by atoms with van der Waals surface area (Å²) in [5, 5.41) is 12.7. The third kappa shape index (κ3) is 2.75. The molecule has 2 amide bonds. The van der Waals surface area contributed by atoms with Crippen molar-refractivity contribution in [3.05, 3.63) is 35.9 Å². The van der Waals surface area contributed by atoms with Gasteiger partial charge in [0.25, 0.3) is 11.8 Å². The first-order chi connectivity index (χ1) is 11.4. The molecule has 7 heteroatoms. The van der Waals surface area contributed by atoms with Gasteiger partial charge in [-0.05, 0) is 12.5 Å². The van der Waals surface area contributed by atoms with Gasteiger partial charge in [0.05, 0.1) is 6.61 Å². The lowest BCUT2D eigenvalue weighted by Crippen LogP contribution is -2.63. The van der Waals surface area contributed by atoms with Gasteiger partial charge in [-0.25, -0.2) is 4.79 Å². The number of likely N-dealkylation sites (tertiary alicyclic amines) is 1. The molecule has 0 aromatic heterocycles. The highest BCUT2D eigenvalue weighted by molar-refractivity contribution is 6.13. The Kier molecular flexibility index (Phi) is 5.23. The number of hydrogen-bond acceptors (Lipinski definition) is 5. The van der Waals surface area contributed by atoms with Crippen LogP contribution < -0.4 is 5.32 Å². The summed E-state index contributed by atoms with van der Waals surface area (Å²) < 4.78 is 5.04. The number of amides is 2. The van der Waals surface area contributed by atoms with E-state index in [1.807, 2.05) is 30.3 Å². The predicted octanol–water partition coefficient (Wildman–Crippen LogP) is 0.0737. The van der Waals surface area contributed by atoms with Crippen LogP contribution in [0.2, 0.25) is 0 Å². The largest absolute Gasteiger partial charge is 0.464 e. The van der Waals surface area contributed by atoms with E-state index >= 15 is 0 Å². The molecule has 0 saturated carbocycles. The highest BCUT2D eigenvalue weighted by Crippen LogP contribution is 2.36. The summed E-state index contributed by atoms with van der Waals surface area (Å²) >= 11 is 0. The third-order valence-corrected chi connectivity index (χ3v) is 4.47. The van der Waals surface area contributed by atoms with Crippen LogP contribution in [-0.2, 0) is 25.7 Å². The van der Waals surface area contributed by atoms with E-state index in [0.717, 1.165) is 10.5 Å². The number of benzene rings is 1. The highest BCUT2D eigenvalue weighted by Gasteiger charge is 2.65. The lowest BCUT2D eigenvalue weighted by atomic mass is 9.83. The zero-order valence-electron chi connectivity index (χ0n) is 14.0. The van der Waals surface area contributed by atoms with E-state index in [1.54, 1.807) is 6.92 Å². The number of aliphatic hydroxyl groups excluding tert-OH is 1. The second kappa shape index (κ2) is 7.00. The molecule has 7 nitrogen and oxygen atoms in total. The maximum atomic E-state index is 12.9. The van der Waals surface area contributed by atoms with Crippen LogP contribution in [0, 0.1) is 5.92 Å². The molecule has 1 aromatic rings. The number of likely N-dealkylation sites (N-methyl/N-ethyl adjacent to an activating group) is 1. The fraction of sp³-hybridized carbons (Fsp3) is 0.471. The minimum atomic E-state index is -1.87. The summed E-state index contributed by atoms with van der Waals surface area (Å²) in [4.78, 5) is 38.5. The van der Waals surface area contributed by atoms with Gasteiger partial charge in [-0.2, -0.15) is 0 Å². The Hall–Kier alpha value is -2.41. The lowest BCUT2D eigenvalue weighted by Gasteiger charge is -2.34. The maximum Gasteiger partial charge on any atom is 0.342 e. The standard InChI is InChI=1S/C17H22N2O5/c1-4-24-16(23)17(11(2)13(20)14(21)19(17)3)15(22)18-10-12-8-6-5-7-9-12/h5-9,11,13,20H,4,10H2,1-3H3,(H,18,22). The van der Waals surface area contributed by atoms with E-state index in [1.165, 1.54) is 14.0 Å². The van der Waals surface area contributed by atoms with E-state index in [2.05, 4.69) is 5.32 Å². The molecule has 3 atom stereocenters. The van der Waals surface area contributed by atoms with Crippen molar-refractivity contribution < 1.29 is 24.2 Å². The molecule has 1 aromatic carbocycles. The molecule has 2 rings (SSSR count). The second-order valence-corrected chi connectivity index (χ2v) is 5.79. The molecule has 1 aliphatic rings. The predicted molar refractivity (Wildman–Crippen MR) is 85.6 cm³/mol. The van der Waals surface area contributed by atoms with Crippen molar-refractivity contribution in [1.82, 2.24) is 10.2 Å². The number of rotatable bonds is 5. The Morgan fingerprint density at radius 3 is 2.46 bits per heavy atom. The monoisotopic (exact) mass is 334 g/mol. The minimum Gasteiger partial charge on any atom is -0.464 e. The summed E-state index contributed by atoms with van der Waals surface area (Å²) in [6, 6.07) is 9.19. The van der Waals surface area contributed by atoms with Crippen LogP contribution in [0.4, 0.5) is 0 Å². The first kappa shape index (κ1) is 17.9. The fourth-order valence-electron chi connectivity index (χ4n) is 3.05. The Morgan fingerprint density at radius 2 is 1.96 bits per heavy atom. The number of esters is 1. The van der Waals surface area contributed by atoms with Gasteiger partial charge < -0.3 is 20.1 Å². The topological polar surface area (TPSA) is 95.9 Å². The summed E-state index contributed by atoms with van der Waals surface area (Å²) in [6.07, 6.45) is -1.43. The molecule has 24 heavy (non-hydrogen) atoms. The third-order valence-electron chi connectivity index (χ3n) is 4.47. The van der Waals surface area contributed by atoms with E-state index in [-0.39, 0.29) is 13.2 Å². The maximum absolute atomic E-state index is 12.9. The Bertz CT molecular complexity index is 633. The van der Waals surface area contributed by atoms with Crippen molar-refractivity contribution in [2.45, 2.75) is 32.0 Å². The molecule has 3 unspecified atom stereocenters. The number of nitrogens with one attached hydrogen (secondary N) is 1. The van der Waals surface area contributed by atoms with Crippen LogP contribution in [0.3, 0.4) is 0 Å². The SMILES string of the molecule is CCOC(=O)C1(C(=O)NCc2ccccc2)C(C)C(O)C(=O)N1C. The molecule has 1 fully saturated rings. The van der Waals surface area contributed by atoms with Crippen LogP contribution in [0.25, 0.3) is 0 Å². The van der Waals surface area contributed by atoms with Crippen LogP contribution in [0.15, 0.2) is 30.3 Å². The van der Waals surface area contributed by atoms with E-state index in [4.69, 9.17) is 4.74 Å². The molecular weight excluding hydrogens is 312 g/mol. The molecule has 0 bridgehead atoms. The molecular formula is C17H22N2O5. The van der Waals surface area contributed by atoms with E-state index < -0.39 is 35.3 Å².